The molecule has 1 aromatic heterocycles. The zero-order valence-corrected chi connectivity index (χ0v) is 17.4. The number of amides is 2. The van der Waals surface area contributed by atoms with Crippen LogP contribution in [0.4, 0.5) is 10.8 Å². The van der Waals surface area contributed by atoms with E-state index in [0.717, 1.165) is 5.01 Å². The first-order valence-electron chi connectivity index (χ1n) is 7.84. The molecule has 11 heteroatoms. The summed E-state index contributed by atoms with van der Waals surface area (Å²) in [6.07, 6.45) is 0.462. The van der Waals surface area contributed by atoms with Crippen LogP contribution in [0.1, 0.15) is 24.3 Å². The van der Waals surface area contributed by atoms with E-state index in [1.54, 1.807) is 25.1 Å². The Bertz CT molecular complexity index is 846. The van der Waals surface area contributed by atoms with E-state index in [-0.39, 0.29) is 18.7 Å². The maximum absolute atomic E-state index is 11.8. The fraction of sp³-hybridized carbons (Fsp3) is 0.312. The van der Waals surface area contributed by atoms with Gasteiger partial charge < -0.3 is 15.4 Å². The number of benzene rings is 1. The van der Waals surface area contributed by atoms with Crippen LogP contribution in [-0.2, 0) is 19.1 Å². The van der Waals surface area contributed by atoms with Crippen LogP contribution in [0, 0.1) is 6.92 Å². The molecule has 2 aromatic rings. The number of aromatic nitrogens is 2. The number of esters is 1. The van der Waals surface area contributed by atoms with Crippen molar-refractivity contribution in [2.24, 2.45) is 0 Å². The number of hydrogen-bond acceptors (Lipinski definition) is 7. The quantitative estimate of drug-likeness (QED) is 0.565. The van der Waals surface area contributed by atoms with Crippen LogP contribution in [0.2, 0.25) is 5.02 Å². The summed E-state index contributed by atoms with van der Waals surface area (Å²) in [5.41, 5.74) is 0.493. The lowest BCUT2D eigenvalue weighted by atomic mass is 10.2. The molecule has 0 saturated heterocycles. The molecule has 0 aliphatic carbocycles. The second-order valence-corrected chi connectivity index (χ2v) is 7.81. The minimum absolute atomic E-state index is 0.0277. The number of carbonyl (C=O) groups excluding carboxylic acids is 3. The highest BCUT2D eigenvalue weighted by Crippen LogP contribution is 2.25. The van der Waals surface area contributed by atoms with Gasteiger partial charge in [-0.1, -0.05) is 22.9 Å². The molecule has 0 spiro atoms. The molecule has 8 nitrogen and oxygen atoms in total. The van der Waals surface area contributed by atoms with E-state index in [9.17, 15) is 14.4 Å². The standard InChI is InChI=1S/C16H16BrClN4O4S/c1-9-21-22-16(27-9)20-13(23)3-2-4-15(25)26-8-14(24)19-10-5-6-11(17)12(18)7-10/h5-7H,2-4,8H2,1H3,(H,19,24)(H,20,22,23). The third-order valence-corrected chi connectivity index (χ3v) is 5.11. The fourth-order valence-electron chi connectivity index (χ4n) is 1.91. The molecule has 1 heterocycles. The summed E-state index contributed by atoms with van der Waals surface area (Å²) in [5.74, 6) is -1.30. The van der Waals surface area contributed by atoms with Crippen molar-refractivity contribution in [3.8, 4) is 0 Å². The third-order valence-electron chi connectivity index (χ3n) is 3.12. The average molecular weight is 476 g/mol. The highest BCUT2D eigenvalue weighted by atomic mass is 79.9. The highest BCUT2D eigenvalue weighted by Gasteiger charge is 2.11. The van der Waals surface area contributed by atoms with Crippen molar-refractivity contribution in [1.29, 1.82) is 0 Å². The zero-order chi connectivity index (χ0) is 19.8. The van der Waals surface area contributed by atoms with E-state index in [2.05, 4.69) is 36.8 Å². The molecule has 0 aliphatic heterocycles. The highest BCUT2D eigenvalue weighted by molar-refractivity contribution is 9.10. The van der Waals surface area contributed by atoms with Gasteiger partial charge in [-0.15, -0.1) is 10.2 Å². The largest absolute Gasteiger partial charge is 0.456 e. The minimum atomic E-state index is -0.557. The van der Waals surface area contributed by atoms with Crippen molar-refractivity contribution < 1.29 is 19.1 Å². The first-order chi connectivity index (χ1) is 12.8. The number of hydrogen-bond donors (Lipinski definition) is 2. The van der Waals surface area contributed by atoms with Crippen molar-refractivity contribution >= 4 is 67.5 Å². The van der Waals surface area contributed by atoms with Crippen molar-refractivity contribution in [2.75, 3.05) is 17.2 Å². The Balaban J connectivity index is 1.63. The molecule has 0 atom stereocenters. The lowest BCUT2D eigenvalue weighted by Gasteiger charge is -2.07. The molecule has 2 N–H and O–H groups in total. The SMILES string of the molecule is Cc1nnc(NC(=O)CCCC(=O)OCC(=O)Nc2ccc(Br)c(Cl)c2)s1. The first-order valence-corrected chi connectivity index (χ1v) is 9.82. The maximum atomic E-state index is 11.8. The molecule has 0 aliphatic rings. The van der Waals surface area contributed by atoms with Gasteiger partial charge in [-0.3, -0.25) is 14.4 Å². The Labute approximate surface area is 172 Å². The second-order valence-electron chi connectivity index (χ2n) is 5.37. The van der Waals surface area contributed by atoms with Gasteiger partial charge >= 0.3 is 5.97 Å². The van der Waals surface area contributed by atoms with Gasteiger partial charge in [-0.2, -0.15) is 0 Å². The molecule has 0 unspecified atom stereocenters. The van der Waals surface area contributed by atoms with E-state index >= 15 is 0 Å². The van der Waals surface area contributed by atoms with Crippen LogP contribution in [0.15, 0.2) is 22.7 Å². The molecular formula is C16H16BrClN4O4S. The number of ether oxygens (including phenoxy) is 1. The molecule has 0 radical (unpaired) electrons. The van der Waals surface area contributed by atoms with Crippen LogP contribution < -0.4 is 10.6 Å². The number of nitrogens with zero attached hydrogens (tertiary/aromatic N) is 2. The average Bonchev–Trinajstić information content (AvgIpc) is 3.01. The molecule has 144 valence electrons. The Morgan fingerprint density at radius 1 is 1.19 bits per heavy atom. The van der Waals surface area contributed by atoms with Crippen molar-refractivity contribution in [3.63, 3.8) is 0 Å². The van der Waals surface area contributed by atoms with Gasteiger partial charge in [0.2, 0.25) is 11.0 Å². The van der Waals surface area contributed by atoms with E-state index in [1.165, 1.54) is 11.3 Å². The lowest BCUT2D eigenvalue weighted by molar-refractivity contribution is -0.147. The van der Waals surface area contributed by atoms with Gasteiger partial charge in [0.25, 0.3) is 5.91 Å². The predicted molar refractivity (Wildman–Crippen MR) is 106 cm³/mol. The zero-order valence-electron chi connectivity index (χ0n) is 14.3. The summed E-state index contributed by atoms with van der Waals surface area (Å²) in [6.45, 7) is 1.37. The molecule has 2 amide bonds. The number of rotatable bonds is 8. The van der Waals surface area contributed by atoms with E-state index < -0.39 is 18.5 Å². The molecule has 0 fully saturated rings. The van der Waals surface area contributed by atoms with Crippen LogP contribution in [0.25, 0.3) is 0 Å². The van der Waals surface area contributed by atoms with Crippen molar-refractivity contribution in [1.82, 2.24) is 10.2 Å². The summed E-state index contributed by atoms with van der Waals surface area (Å²) < 4.78 is 5.60. The topological polar surface area (TPSA) is 110 Å². The van der Waals surface area contributed by atoms with E-state index in [4.69, 9.17) is 16.3 Å². The van der Waals surface area contributed by atoms with E-state index in [1.807, 2.05) is 0 Å². The first kappa shape index (κ1) is 21.3. The molecule has 27 heavy (non-hydrogen) atoms. The second kappa shape index (κ2) is 10.3. The number of carbonyl (C=O) groups is 3. The normalized spacial score (nSPS) is 10.3. The lowest BCUT2D eigenvalue weighted by Crippen LogP contribution is -2.21. The summed E-state index contributed by atoms with van der Waals surface area (Å²) in [6, 6.07) is 4.93. The number of nitrogens with one attached hydrogen (secondary N) is 2. The van der Waals surface area contributed by atoms with Gasteiger partial charge in [0.15, 0.2) is 6.61 Å². The molecule has 0 bridgehead atoms. The Morgan fingerprint density at radius 3 is 2.63 bits per heavy atom. The summed E-state index contributed by atoms with van der Waals surface area (Å²) in [4.78, 5) is 35.2. The fourth-order valence-corrected chi connectivity index (χ4v) is 2.95. The monoisotopic (exact) mass is 474 g/mol. The summed E-state index contributed by atoms with van der Waals surface area (Å²) in [7, 11) is 0. The predicted octanol–water partition coefficient (Wildman–Crippen LogP) is 3.55. The molecule has 1 aromatic carbocycles. The van der Waals surface area contributed by atoms with Gasteiger partial charge in [-0.05, 0) is 47.5 Å². The Morgan fingerprint density at radius 2 is 1.96 bits per heavy atom. The number of aryl methyl sites for hydroxylation is 1. The van der Waals surface area contributed by atoms with Crippen LogP contribution >= 0.6 is 38.9 Å². The van der Waals surface area contributed by atoms with Crippen molar-refractivity contribution in [2.45, 2.75) is 26.2 Å². The third kappa shape index (κ3) is 7.61. The number of halogens is 2. The summed E-state index contributed by atoms with van der Waals surface area (Å²) >= 11 is 10.5. The van der Waals surface area contributed by atoms with Crippen LogP contribution in [-0.4, -0.2) is 34.6 Å². The van der Waals surface area contributed by atoms with Crippen LogP contribution in [0.3, 0.4) is 0 Å². The Kier molecular flexibility index (Phi) is 8.14. The van der Waals surface area contributed by atoms with Gasteiger partial charge in [-0.25, -0.2) is 0 Å². The van der Waals surface area contributed by atoms with Crippen LogP contribution in [0.5, 0.6) is 0 Å². The minimum Gasteiger partial charge on any atom is -0.456 e. The van der Waals surface area contributed by atoms with E-state index in [0.29, 0.717) is 26.7 Å². The number of anilines is 2. The Hall–Kier alpha value is -2.04. The summed E-state index contributed by atoms with van der Waals surface area (Å²) in [5, 5.41) is 14.4. The smallest absolute Gasteiger partial charge is 0.306 e. The molecule has 0 saturated carbocycles. The van der Waals surface area contributed by atoms with Gasteiger partial charge in [0.05, 0.1) is 5.02 Å². The van der Waals surface area contributed by atoms with Gasteiger partial charge in [0.1, 0.15) is 5.01 Å². The molecule has 2 rings (SSSR count). The molecular weight excluding hydrogens is 460 g/mol. The maximum Gasteiger partial charge on any atom is 0.306 e. The van der Waals surface area contributed by atoms with Crippen molar-refractivity contribution in [3.05, 3.63) is 32.7 Å². The van der Waals surface area contributed by atoms with Gasteiger partial charge in [0, 0.05) is 23.0 Å².